The van der Waals surface area contributed by atoms with Crippen LogP contribution in [0.1, 0.15) is 16.6 Å². The van der Waals surface area contributed by atoms with E-state index in [1.165, 1.54) is 24.5 Å². The van der Waals surface area contributed by atoms with Crippen LogP contribution in [0.25, 0.3) is 0 Å². The number of amidine groups is 1. The van der Waals surface area contributed by atoms with Gasteiger partial charge in [-0.1, -0.05) is 6.07 Å². The lowest BCUT2D eigenvalue weighted by atomic mass is 9.95. The molecule has 1 aromatic carbocycles. The average molecular weight is 478 g/mol. The number of thiazole rings is 1. The summed E-state index contributed by atoms with van der Waals surface area (Å²) in [7, 11) is 1.20. The van der Waals surface area contributed by atoms with Crippen LogP contribution in [0.3, 0.4) is 0 Å². The molecule has 1 saturated heterocycles. The Morgan fingerprint density at radius 1 is 1.36 bits per heavy atom. The number of carboxylic acid groups (broad SMARTS) is 1. The first-order valence-corrected chi connectivity index (χ1v) is 10.8. The summed E-state index contributed by atoms with van der Waals surface area (Å²) in [6.07, 6.45) is 1.58. The summed E-state index contributed by atoms with van der Waals surface area (Å²) in [6.45, 7) is 0.673. The molecule has 0 aliphatic carbocycles. The van der Waals surface area contributed by atoms with Crippen molar-refractivity contribution in [2.75, 3.05) is 33.4 Å². The van der Waals surface area contributed by atoms with Crippen LogP contribution in [0.5, 0.6) is 0 Å². The second kappa shape index (κ2) is 9.73. The van der Waals surface area contributed by atoms with E-state index in [4.69, 9.17) is 9.47 Å². The number of nitrogens with zero attached hydrogens (tertiary/aromatic N) is 3. The number of aliphatic carboxylic acids is 1. The first-order chi connectivity index (χ1) is 15.9. The minimum Gasteiger partial charge on any atom is -0.480 e. The second-order valence-corrected chi connectivity index (χ2v) is 8.19. The van der Waals surface area contributed by atoms with Crippen LogP contribution in [0.15, 0.2) is 46.0 Å². The number of esters is 1. The zero-order valence-corrected chi connectivity index (χ0v) is 18.3. The molecule has 2 atom stereocenters. The predicted molar refractivity (Wildman–Crippen MR) is 114 cm³/mol. The molecular weight excluding hydrogens is 458 g/mol. The number of carbonyl (C=O) groups excluding carboxylic acids is 1. The molecule has 2 aliphatic rings. The van der Waals surface area contributed by atoms with Gasteiger partial charge >= 0.3 is 11.9 Å². The van der Waals surface area contributed by atoms with Gasteiger partial charge in [-0.05, 0) is 17.7 Å². The maximum Gasteiger partial charge on any atom is 0.338 e. The smallest absolute Gasteiger partial charge is 0.338 e. The molecule has 2 aliphatic heterocycles. The summed E-state index contributed by atoms with van der Waals surface area (Å²) in [6, 6.07) is 1.33. The third kappa shape index (κ3) is 4.77. The maximum absolute atomic E-state index is 14.1. The molecule has 2 N–H and O–H groups in total. The van der Waals surface area contributed by atoms with Crippen molar-refractivity contribution in [3.8, 4) is 0 Å². The number of benzene rings is 1. The molecule has 3 heterocycles. The van der Waals surface area contributed by atoms with Gasteiger partial charge < -0.3 is 19.9 Å². The Balaban J connectivity index is 1.81. The molecule has 174 valence electrons. The number of nitrogens with one attached hydrogen (secondary N) is 1. The number of carboxylic acids is 1. The van der Waals surface area contributed by atoms with Crippen molar-refractivity contribution in [2.24, 2.45) is 4.99 Å². The summed E-state index contributed by atoms with van der Waals surface area (Å²) in [5, 5.41) is 14.9. The Bertz CT molecular complexity index is 1120. The molecule has 12 heteroatoms. The number of hydrogen-bond donors (Lipinski definition) is 2. The van der Waals surface area contributed by atoms with Gasteiger partial charge in [0.2, 0.25) is 0 Å². The molecule has 1 fully saturated rings. The van der Waals surface area contributed by atoms with E-state index in [-0.39, 0.29) is 24.3 Å². The summed E-state index contributed by atoms with van der Waals surface area (Å²) >= 11 is 1.30. The van der Waals surface area contributed by atoms with Crippen LogP contribution in [-0.4, -0.2) is 72.2 Å². The first-order valence-electron chi connectivity index (χ1n) is 9.94. The fraction of sp³-hybridized carbons (Fsp3) is 0.333. The minimum atomic E-state index is -1.08. The van der Waals surface area contributed by atoms with E-state index in [0.717, 1.165) is 12.1 Å². The van der Waals surface area contributed by atoms with Crippen LogP contribution in [0.2, 0.25) is 0 Å². The minimum absolute atomic E-state index is 0.00377. The van der Waals surface area contributed by atoms with Gasteiger partial charge in [-0.15, -0.1) is 11.3 Å². The largest absolute Gasteiger partial charge is 0.480 e. The van der Waals surface area contributed by atoms with Gasteiger partial charge in [-0.3, -0.25) is 14.7 Å². The van der Waals surface area contributed by atoms with Crippen molar-refractivity contribution in [2.45, 2.75) is 12.1 Å². The average Bonchev–Trinajstić information content (AvgIpc) is 3.35. The topological polar surface area (TPSA) is 113 Å². The van der Waals surface area contributed by atoms with Crippen molar-refractivity contribution < 1.29 is 33.0 Å². The lowest BCUT2D eigenvalue weighted by Gasteiger charge is -2.35. The van der Waals surface area contributed by atoms with Crippen molar-refractivity contribution in [1.82, 2.24) is 15.2 Å². The number of hydrogen-bond acceptors (Lipinski definition) is 9. The molecule has 0 bridgehead atoms. The number of morpholine rings is 1. The third-order valence-electron chi connectivity index (χ3n) is 5.31. The fourth-order valence-electron chi connectivity index (χ4n) is 3.70. The van der Waals surface area contributed by atoms with E-state index in [2.05, 4.69) is 15.3 Å². The van der Waals surface area contributed by atoms with Gasteiger partial charge in [-0.25, -0.2) is 18.6 Å². The molecule has 9 nitrogen and oxygen atoms in total. The van der Waals surface area contributed by atoms with E-state index >= 15 is 0 Å². The van der Waals surface area contributed by atoms with Crippen molar-refractivity contribution in [3.05, 3.63) is 63.3 Å². The highest BCUT2D eigenvalue weighted by Gasteiger charge is 2.36. The Labute approximate surface area is 191 Å². The molecule has 0 unspecified atom stereocenters. The second-order valence-electron chi connectivity index (χ2n) is 7.30. The van der Waals surface area contributed by atoms with Crippen molar-refractivity contribution in [3.63, 3.8) is 0 Å². The number of carbonyl (C=O) groups is 2. The molecule has 0 saturated carbocycles. The van der Waals surface area contributed by atoms with Gasteiger partial charge in [0, 0.05) is 30.4 Å². The van der Waals surface area contributed by atoms with E-state index in [0.29, 0.717) is 29.7 Å². The van der Waals surface area contributed by atoms with Gasteiger partial charge in [0.05, 0.1) is 25.9 Å². The Morgan fingerprint density at radius 3 is 2.85 bits per heavy atom. The summed E-state index contributed by atoms with van der Waals surface area (Å²) in [4.78, 5) is 35.0. The third-order valence-corrected chi connectivity index (χ3v) is 6.09. The van der Waals surface area contributed by atoms with E-state index < -0.39 is 35.7 Å². The predicted octanol–water partition coefficient (Wildman–Crippen LogP) is 1.72. The summed E-state index contributed by atoms with van der Waals surface area (Å²) in [5.74, 6) is -3.58. The number of aromatic nitrogens is 1. The normalized spacial score (nSPS) is 21.4. The Morgan fingerprint density at radius 2 is 2.18 bits per heavy atom. The van der Waals surface area contributed by atoms with Crippen LogP contribution in [0, 0.1) is 11.6 Å². The number of ether oxygens (including phenoxy) is 2. The van der Waals surface area contributed by atoms with Crippen LogP contribution in [-0.2, 0) is 19.1 Å². The van der Waals surface area contributed by atoms with Gasteiger partial charge in [-0.2, -0.15) is 0 Å². The number of aliphatic imine (C=N–C) groups is 1. The molecule has 0 spiro atoms. The fourth-order valence-corrected chi connectivity index (χ4v) is 4.29. The highest BCUT2D eigenvalue weighted by molar-refractivity contribution is 7.11. The monoisotopic (exact) mass is 478 g/mol. The van der Waals surface area contributed by atoms with Gasteiger partial charge in [0.15, 0.2) is 22.5 Å². The molecule has 0 radical (unpaired) electrons. The van der Waals surface area contributed by atoms with E-state index in [1.54, 1.807) is 16.5 Å². The molecule has 4 rings (SSSR count). The SMILES string of the molecule is COC(=O)C1=C(CN2CCOC[C@H]2C(=O)O)NC(c2nccs2)=N[C@H]1c1ccc(F)c(F)c1. The van der Waals surface area contributed by atoms with Crippen LogP contribution >= 0.6 is 11.3 Å². The maximum atomic E-state index is 14.1. The van der Waals surface area contributed by atoms with Crippen molar-refractivity contribution in [1.29, 1.82) is 0 Å². The molecular formula is C21H20F2N4O5S. The van der Waals surface area contributed by atoms with Crippen LogP contribution in [0.4, 0.5) is 8.78 Å². The standard InChI is InChI=1S/C21H20F2N4O5S/c1-31-21(30)16-14(9-27-5-6-32-10-15(27)20(28)29)25-18(19-24-4-7-33-19)26-17(16)11-2-3-12(22)13(23)8-11/h2-4,7-8,15,17H,5-6,9-10H2,1H3,(H,25,26)(H,28,29)/t15-,17-/m0/s1. The highest BCUT2D eigenvalue weighted by atomic mass is 32.1. The summed E-state index contributed by atoms with van der Waals surface area (Å²) < 4.78 is 37.9. The van der Waals surface area contributed by atoms with Crippen LogP contribution < -0.4 is 5.32 Å². The van der Waals surface area contributed by atoms with Crippen molar-refractivity contribution >= 4 is 29.1 Å². The van der Waals surface area contributed by atoms with E-state index in [9.17, 15) is 23.5 Å². The molecule has 1 aromatic heterocycles. The lowest BCUT2D eigenvalue weighted by molar-refractivity contribution is -0.149. The number of halogens is 2. The zero-order valence-electron chi connectivity index (χ0n) is 17.5. The van der Waals surface area contributed by atoms with Gasteiger partial charge in [0.25, 0.3) is 0 Å². The highest BCUT2D eigenvalue weighted by Crippen LogP contribution is 2.34. The zero-order chi connectivity index (χ0) is 23.5. The Kier molecular flexibility index (Phi) is 6.77. The van der Waals surface area contributed by atoms with Gasteiger partial charge in [0.1, 0.15) is 12.1 Å². The molecule has 0 amide bonds. The Hall–Kier alpha value is -3.22. The summed E-state index contributed by atoms with van der Waals surface area (Å²) in [5.41, 5.74) is 0.642. The first kappa shape index (κ1) is 23.0. The molecule has 2 aromatic rings. The number of rotatable bonds is 6. The lowest BCUT2D eigenvalue weighted by Crippen LogP contribution is -2.52. The number of methoxy groups -OCH3 is 1. The van der Waals surface area contributed by atoms with E-state index in [1.807, 2.05) is 0 Å². The quantitative estimate of drug-likeness (QED) is 0.604. The molecule has 33 heavy (non-hydrogen) atoms.